The summed E-state index contributed by atoms with van der Waals surface area (Å²) in [6.45, 7) is 0. The van der Waals surface area contributed by atoms with E-state index >= 15 is 0 Å². The molecule has 0 saturated carbocycles. The predicted octanol–water partition coefficient (Wildman–Crippen LogP) is 2.91. The van der Waals surface area contributed by atoms with E-state index in [0.29, 0.717) is 0 Å². The minimum Gasteiger partial charge on any atom is -0.507 e. The van der Waals surface area contributed by atoms with Crippen LogP contribution in [0.2, 0.25) is 0 Å². The lowest BCUT2D eigenvalue weighted by molar-refractivity contribution is 0.403. The first-order chi connectivity index (χ1) is 10.4. The Kier molecular flexibility index (Phi) is 2.47. The van der Waals surface area contributed by atoms with Crippen LogP contribution in [0.5, 0.6) is 28.7 Å². The number of hydrogen-bond donors (Lipinski definition) is 5. The summed E-state index contributed by atoms with van der Waals surface area (Å²) in [5.74, 6) is -2.11. The van der Waals surface area contributed by atoms with Crippen molar-refractivity contribution in [2.45, 2.75) is 0 Å². The minimum absolute atomic E-state index is 0.0112. The van der Waals surface area contributed by atoms with E-state index in [-0.39, 0.29) is 39.8 Å². The van der Waals surface area contributed by atoms with Crippen LogP contribution in [0, 0.1) is 0 Å². The number of fused-ring (bicyclic) bond motifs is 1. The second kappa shape index (κ2) is 4.45. The minimum atomic E-state index is -0.543. The molecule has 3 rings (SSSR count). The van der Waals surface area contributed by atoms with Crippen LogP contribution in [-0.2, 0) is 0 Å². The van der Waals surface area contributed by atoms with Crippen LogP contribution < -0.4 is 0 Å². The number of phenols is 4. The molecule has 2 aromatic carbocycles. The fourth-order valence-corrected chi connectivity index (χ4v) is 1.99. The van der Waals surface area contributed by atoms with E-state index in [4.69, 9.17) is 5.79 Å². The number of aromatic hydroxyl groups is 5. The summed E-state index contributed by atoms with van der Waals surface area (Å²) < 4.78 is 13.4. The van der Waals surface area contributed by atoms with E-state index in [1.807, 2.05) is 0 Å². The van der Waals surface area contributed by atoms with Crippen LogP contribution >= 0.6 is 0 Å². The highest BCUT2D eigenvalue weighted by atomic mass is 16.4. The summed E-state index contributed by atoms with van der Waals surface area (Å²) in [6, 6.07) is 5.57. The van der Waals surface area contributed by atoms with Gasteiger partial charge in [-0.05, 0) is 12.1 Å². The van der Waals surface area contributed by atoms with Crippen molar-refractivity contribution < 1.29 is 31.3 Å². The summed E-state index contributed by atoms with van der Waals surface area (Å²) >= 11 is 0. The molecule has 0 unspecified atom stereocenters. The molecule has 0 aliphatic carbocycles. The first-order valence-corrected chi connectivity index (χ1v) is 5.92. The summed E-state index contributed by atoms with van der Waals surface area (Å²) in [5.41, 5.74) is 0.203. The van der Waals surface area contributed by atoms with Gasteiger partial charge in [0.15, 0.2) is 11.5 Å². The van der Waals surface area contributed by atoms with Gasteiger partial charge in [0.2, 0.25) is 5.75 Å². The molecule has 0 radical (unpaired) electrons. The van der Waals surface area contributed by atoms with E-state index in [9.17, 15) is 25.5 Å². The summed E-state index contributed by atoms with van der Waals surface area (Å²) in [7, 11) is 0. The van der Waals surface area contributed by atoms with Crippen molar-refractivity contribution in [1.29, 1.82) is 0 Å². The van der Waals surface area contributed by atoms with Crippen molar-refractivity contribution in [1.82, 2.24) is 0 Å². The van der Waals surface area contributed by atoms with Gasteiger partial charge in [-0.15, -0.1) is 0 Å². The molecule has 106 valence electrons. The first-order valence-electron chi connectivity index (χ1n) is 6.42. The molecule has 0 atom stereocenters. The Bertz CT molecular complexity index is 906. The lowest BCUT2D eigenvalue weighted by Gasteiger charge is -2.01. The Morgan fingerprint density at radius 1 is 0.810 bits per heavy atom. The molecule has 3 aromatic rings. The van der Waals surface area contributed by atoms with Gasteiger partial charge >= 0.3 is 11.3 Å². The summed E-state index contributed by atoms with van der Waals surface area (Å²) in [4.78, 5) is 0. The smallest absolute Gasteiger partial charge is 0.402 e. The average Bonchev–Trinajstić information content (AvgIpc) is 2.45. The van der Waals surface area contributed by atoms with Crippen LogP contribution in [0.15, 0.2) is 40.8 Å². The van der Waals surface area contributed by atoms with Crippen LogP contribution in [0.3, 0.4) is 0 Å². The molecule has 6 nitrogen and oxygen atoms in total. The molecular formula is C15H11O6+. The number of phenolic OH excluding ortho intramolecular Hbond substituents is 4. The van der Waals surface area contributed by atoms with Gasteiger partial charge < -0.3 is 25.5 Å². The fraction of sp³-hybridized carbons (Fsp3) is 0. The van der Waals surface area contributed by atoms with Gasteiger partial charge in [0.25, 0.3) is 0 Å². The van der Waals surface area contributed by atoms with E-state index < -0.39 is 17.2 Å². The second-order valence-electron chi connectivity index (χ2n) is 4.45. The standard InChI is InChI=1S/C15H10O6/c16-8-4-11(18)9-6-13(20)15(21-14(9)5-8)7-1-2-10(17)12(19)3-7/h1-6H,(H4-,16,17,18,19,20)/p+1/i6D. The van der Waals surface area contributed by atoms with E-state index in [1.54, 1.807) is 0 Å². The van der Waals surface area contributed by atoms with E-state index in [0.717, 1.165) is 12.1 Å². The third-order valence-electron chi connectivity index (χ3n) is 2.97. The van der Waals surface area contributed by atoms with Crippen molar-refractivity contribution in [3.8, 4) is 40.1 Å². The molecule has 0 aliphatic rings. The number of rotatable bonds is 1. The maximum Gasteiger partial charge on any atom is 0.402 e. The molecule has 0 spiro atoms. The van der Waals surface area contributed by atoms with Crippen molar-refractivity contribution in [2.24, 2.45) is 0 Å². The molecule has 0 amide bonds. The molecular weight excluding hydrogens is 276 g/mol. The van der Waals surface area contributed by atoms with E-state index in [1.165, 1.54) is 18.2 Å². The maximum absolute atomic E-state index is 10.1. The Morgan fingerprint density at radius 2 is 1.57 bits per heavy atom. The van der Waals surface area contributed by atoms with Gasteiger partial charge in [-0.25, -0.2) is 4.42 Å². The number of hydrogen-bond acceptors (Lipinski definition) is 5. The quantitative estimate of drug-likeness (QED) is 0.347. The zero-order valence-corrected chi connectivity index (χ0v) is 10.5. The maximum atomic E-state index is 10.1. The molecule has 0 saturated heterocycles. The Morgan fingerprint density at radius 3 is 2.29 bits per heavy atom. The van der Waals surface area contributed by atoms with Gasteiger partial charge in [-0.1, -0.05) is 0 Å². The van der Waals surface area contributed by atoms with Crippen LogP contribution in [0.4, 0.5) is 0 Å². The monoisotopic (exact) mass is 288 g/mol. The first kappa shape index (κ1) is 11.7. The van der Waals surface area contributed by atoms with Crippen LogP contribution in [-0.4, -0.2) is 25.5 Å². The highest BCUT2D eigenvalue weighted by molar-refractivity contribution is 5.88. The SMILES string of the molecule is [2H]c1c(O)c(-c2ccc(O)c(O)c2)[o+]c2cc(O)cc(O)c12. The molecule has 0 aliphatic heterocycles. The van der Waals surface area contributed by atoms with Gasteiger partial charge in [0.05, 0.1) is 13.0 Å². The van der Waals surface area contributed by atoms with Crippen molar-refractivity contribution in [2.75, 3.05) is 0 Å². The van der Waals surface area contributed by atoms with Crippen LogP contribution in [0.1, 0.15) is 1.37 Å². The third kappa shape index (κ3) is 2.12. The lowest BCUT2D eigenvalue weighted by atomic mass is 10.1. The fourth-order valence-electron chi connectivity index (χ4n) is 1.99. The van der Waals surface area contributed by atoms with Crippen molar-refractivity contribution >= 4 is 11.0 Å². The zero-order chi connectivity index (χ0) is 16.0. The van der Waals surface area contributed by atoms with Crippen molar-refractivity contribution in [3.63, 3.8) is 0 Å². The topological polar surface area (TPSA) is 112 Å². The molecule has 21 heavy (non-hydrogen) atoms. The predicted molar refractivity (Wildman–Crippen MR) is 74.4 cm³/mol. The van der Waals surface area contributed by atoms with Gasteiger partial charge in [0, 0.05) is 18.2 Å². The molecule has 0 fully saturated rings. The van der Waals surface area contributed by atoms with Crippen LogP contribution in [0.25, 0.3) is 22.3 Å². The van der Waals surface area contributed by atoms with Gasteiger partial charge in [-0.2, -0.15) is 0 Å². The van der Waals surface area contributed by atoms with Crippen molar-refractivity contribution in [3.05, 3.63) is 36.4 Å². The normalized spacial score (nSPS) is 11.5. The largest absolute Gasteiger partial charge is 0.507 e. The molecule has 1 heterocycles. The van der Waals surface area contributed by atoms with Gasteiger partial charge in [-0.3, -0.25) is 0 Å². The Balaban J connectivity index is 2.35. The number of benzene rings is 2. The molecule has 1 aromatic heterocycles. The molecule has 0 bridgehead atoms. The highest BCUT2D eigenvalue weighted by Crippen LogP contribution is 2.40. The van der Waals surface area contributed by atoms with Gasteiger partial charge in [0.1, 0.15) is 16.9 Å². The summed E-state index contributed by atoms with van der Waals surface area (Å²) in [6.07, 6.45) is 0. The Hall–Kier alpha value is -3.15. The van der Waals surface area contributed by atoms with E-state index in [2.05, 4.69) is 0 Å². The summed E-state index contributed by atoms with van der Waals surface area (Å²) in [5, 5.41) is 48.2. The zero-order valence-electron chi connectivity index (χ0n) is 11.5. The molecule has 5 N–H and O–H groups in total. The Labute approximate surface area is 119 Å². The lowest BCUT2D eigenvalue weighted by Crippen LogP contribution is -1.83. The highest BCUT2D eigenvalue weighted by Gasteiger charge is 2.24. The molecule has 6 heteroatoms. The second-order valence-corrected chi connectivity index (χ2v) is 4.45. The average molecular weight is 288 g/mol. The third-order valence-corrected chi connectivity index (χ3v) is 2.97.